The summed E-state index contributed by atoms with van der Waals surface area (Å²) in [7, 11) is 0. The lowest BCUT2D eigenvalue weighted by Gasteiger charge is -2.28. The van der Waals surface area contributed by atoms with Crippen LogP contribution in [-0.2, 0) is 51.4 Å². The Labute approximate surface area is 273 Å². The van der Waals surface area contributed by atoms with E-state index in [1.54, 1.807) is 12.1 Å². The molecule has 4 N–H and O–H groups in total. The molecule has 0 radical (unpaired) electrons. The molecule has 1 unspecified atom stereocenters. The van der Waals surface area contributed by atoms with Crippen LogP contribution in [0.3, 0.4) is 0 Å². The summed E-state index contributed by atoms with van der Waals surface area (Å²) in [6, 6.07) is 16.5. The molecule has 0 saturated carbocycles. The minimum absolute atomic E-state index is 0.0462. The van der Waals surface area contributed by atoms with E-state index in [9.17, 15) is 28.8 Å². The van der Waals surface area contributed by atoms with Gasteiger partial charge in [0.15, 0.2) is 0 Å². The highest BCUT2D eigenvalue weighted by molar-refractivity contribution is 5.94. The first-order chi connectivity index (χ1) is 22.7. The van der Waals surface area contributed by atoms with Crippen LogP contribution in [0.1, 0.15) is 44.2 Å². The van der Waals surface area contributed by atoms with Crippen molar-refractivity contribution in [3.8, 4) is 0 Å². The van der Waals surface area contributed by atoms with Gasteiger partial charge in [-0.3, -0.25) is 19.2 Å². The molecule has 0 spiro atoms. The van der Waals surface area contributed by atoms with Gasteiger partial charge < -0.3 is 40.4 Å². The normalized spacial score (nSPS) is 15.1. The van der Waals surface area contributed by atoms with Gasteiger partial charge in [-0.05, 0) is 29.9 Å². The van der Waals surface area contributed by atoms with E-state index < -0.39 is 54.3 Å². The number of nitrogens with zero attached hydrogens (tertiary/aromatic N) is 1. The van der Waals surface area contributed by atoms with Crippen LogP contribution in [0.15, 0.2) is 60.7 Å². The number of carbonyl (C=O) groups is 6. The topological polar surface area (TPSA) is 181 Å². The second-order valence-electron chi connectivity index (χ2n) is 11.0. The Kier molecular flexibility index (Phi) is 15.2. The van der Waals surface area contributed by atoms with Crippen LogP contribution in [0.5, 0.6) is 0 Å². The molecule has 14 nitrogen and oxygen atoms in total. The summed E-state index contributed by atoms with van der Waals surface area (Å²) in [5.74, 6) is -2.89. The highest BCUT2D eigenvalue weighted by Gasteiger charge is 2.36. The van der Waals surface area contributed by atoms with E-state index in [0.29, 0.717) is 25.8 Å². The lowest BCUT2D eigenvalue weighted by atomic mass is 9.97. The maximum Gasteiger partial charge on any atom is 0.407 e. The number of carbonyl (C=O) groups excluding carboxylic acids is 6. The second-order valence-corrected chi connectivity index (χ2v) is 11.0. The van der Waals surface area contributed by atoms with E-state index in [4.69, 9.17) is 14.2 Å². The number of amides is 5. The lowest BCUT2D eigenvalue weighted by molar-refractivity contribution is -0.151. The van der Waals surface area contributed by atoms with Gasteiger partial charge in [0.2, 0.25) is 23.6 Å². The molecule has 1 aliphatic rings. The third-order valence-corrected chi connectivity index (χ3v) is 7.52. The fraction of sp³-hybridized carbons (Fsp3) is 0.455. The molecular formula is C33H43N5O9. The van der Waals surface area contributed by atoms with Crippen LogP contribution in [-0.4, -0.2) is 85.6 Å². The fourth-order valence-corrected chi connectivity index (χ4v) is 4.70. The number of hydrogen-bond acceptors (Lipinski definition) is 9. The molecule has 0 aromatic heterocycles. The molecule has 254 valence electrons. The number of ether oxygens (including phenoxy) is 3. The summed E-state index contributed by atoms with van der Waals surface area (Å²) in [5.41, 5.74) is 1.63. The molecule has 14 heteroatoms. The van der Waals surface area contributed by atoms with E-state index in [1.165, 1.54) is 4.90 Å². The molecule has 1 saturated heterocycles. The molecule has 47 heavy (non-hydrogen) atoms. The standard InChI is InChI=1S/C33H43N5O9/c1-3-23(2)30(32(43)36-22-45-21-29(41)46-19-24-11-6-4-7-12-24)37-31(42)26-15-10-16-38(26)28(40)18-34-27(39)17-35-33(44)47-20-25-13-8-5-9-14-25/h4-9,11-14,23,26,30H,3,10,15-22H2,1-2H3,(H,34,39)(H,35,44)(H,36,43)(H,37,42)/t23?,26-,30-/m0/s1. The highest BCUT2D eigenvalue weighted by atomic mass is 16.6. The Hall–Kier alpha value is -4.98. The number of likely N-dealkylation sites (tertiary alicyclic amines) is 1. The molecule has 2 aromatic rings. The Morgan fingerprint density at radius 1 is 0.851 bits per heavy atom. The third-order valence-electron chi connectivity index (χ3n) is 7.52. The summed E-state index contributed by atoms with van der Waals surface area (Å²) in [4.78, 5) is 76.5. The Morgan fingerprint density at radius 3 is 2.13 bits per heavy atom. The predicted octanol–water partition coefficient (Wildman–Crippen LogP) is 1.38. The Balaban J connectivity index is 1.39. The number of esters is 1. The van der Waals surface area contributed by atoms with Gasteiger partial charge >= 0.3 is 12.1 Å². The van der Waals surface area contributed by atoms with Gasteiger partial charge in [-0.2, -0.15) is 0 Å². The average Bonchev–Trinajstić information content (AvgIpc) is 3.59. The molecule has 1 fully saturated rings. The molecule has 1 heterocycles. The molecule has 0 aliphatic carbocycles. The van der Waals surface area contributed by atoms with Crippen LogP contribution in [0.25, 0.3) is 0 Å². The van der Waals surface area contributed by atoms with Crippen molar-refractivity contribution in [2.24, 2.45) is 5.92 Å². The van der Waals surface area contributed by atoms with E-state index in [0.717, 1.165) is 11.1 Å². The molecule has 3 atom stereocenters. The Bertz CT molecular complexity index is 1340. The Morgan fingerprint density at radius 2 is 1.49 bits per heavy atom. The molecule has 0 bridgehead atoms. The largest absolute Gasteiger partial charge is 0.459 e. The fourth-order valence-electron chi connectivity index (χ4n) is 4.70. The van der Waals surface area contributed by atoms with Crippen molar-refractivity contribution < 1.29 is 43.0 Å². The number of benzene rings is 2. The van der Waals surface area contributed by atoms with Crippen molar-refractivity contribution in [1.82, 2.24) is 26.2 Å². The van der Waals surface area contributed by atoms with Gasteiger partial charge in [-0.15, -0.1) is 0 Å². The van der Waals surface area contributed by atoms with Crippen LogP contribution in [0.2, 0.25) is 0 Å². The van der Waals surface area contributed by atoms with Gasteiger partial charge in [0.1, 0.15) is 45.2 Å². The van der Waals surface area contributed by atoms with Gasteiger partial charge in [0, 0.05) is 6.54 Å². The van der Waals surface area contributed by atoms with Crippen molar-refractivity contribution in [2.45, 2.75) is 58.4 Å². The minimum Gasteiger partial charge on any atom is -0.459 e. The van der Waals surface area contributed by atoms with E-state index in [1.807, 2.05) is 62.4 Å². The summed E-state index contributed by atoms with van der Waals surface area (Å²) in [5, 5.41) is 10.1. The predicted molar refractivity (Wildman–Crippen MR) is 169 cm³/mol. The monoisotopic (exact) mass is 653 g/mol. The maximum atomic E-state index is 13.3. The first-order valence-electron chi connectivity index (χ1n) is 15.5. The van der Waals surface area contributed by atoms with Crippen LogP contribution in [0.4, 0.5) is 4.79 Å². The van der Waals surface area contributed by atoms with Crippen molar-refractivity contribution in [3.05, 3.63) is 71.8 Å². The van der Waals surface area contributed by atoms with Crippen LogP contribution in [0, 0.1) is 5.92 Å². The van der Waals surface area contributed by atoms with E-state index >= 15 is 0 Å². The average molecular weight is 654 g/mol. The third kappa shape index (κ3) is 12.7. The van der Waals surface area contributed by atoms with E-state index in [-0.39, 0.29) is 39.0 Å². The number of alkyl carbamates (subject to hydrolysis) is 1. The smallest absolute Gasteiger partial charge is 0.407 e. The van der Waals surface area contributed by atoms with Gasteiger partial charge in [0.25, 0.3) is 0 Å². The summed E-state index contributed by atoms with van der Waals surface area (Å²) >= 11 is 0. The highest BCUT2D eigenvalue weighted by Crippen LogP contribution is 2.19. The first-order valence-corrected chi connectivity index (χ1v) is 15.5. The maximum absolute atomic E-state index is 13.3. The van der Waals surface area contributed by atoms with Crippen LogP contribution >= 0.6 is 0 Å². The zero-order chi connectivity index (χ0) is 34.0. The van der Waals surface area contributed by atoms with Crippen molar-refractivity contribution >= 4 is 35.7 Å². The van der Waals surface area contributed by atoms with Gasteiger partial charge in [0.05, 0.1) is 6.54 Å². The van der Waals surface area contributed by atoms with Gasteiger partial charge in [-0.25, -0.2) is 9.59 Å². The molecule has 2 aromatic carbocycles. The summed E-state index contributed by atoms with van der Waals surface area (Å²) < 4.78 is 15.4. The van der Waals surface area contributed by atoms with E-state index in [2.05, 4.69) is 21.3 Å². The summed E-state index contributed by atoms with van der Waals surface area (Å²) in [6.45, 7) is 2.75. The first kappa shape index (κ1) is 36.5. The number of nitrogens with one attached hydrogen (secondary N) is 4. The van der Waals surface area contributed by atoms with Crippen molar-refractivity contribution in [3.63, 3.8) is 0 Å². The molecule has 5 amide bonds. The van der Waals surface area contributed by atoms with Crippen molar-refractivity contribution in [2.75, 3.05) is 33.0 Å². The lowest BCUT2D eigenvalue weighted by Crippen LogP contribution is -2.56. The zero-order valence-electron chi connectivity index (χ0n) is 26.7. The van der Waals surface area contributed by atoms with Crippen molar-refractivity contribution in [1.29, 1.82) is 0 Å². The van der Waals surface area contributed by atoms with Gasteiger partial charge in [-0.1, -0.05) is 80.9 Å². The zero-order valence-corrected chi connectivity index (χ0v) is 26.7. The molecule has 1 aliphatic heterocycles. The summed E-state index contributed by atoms with van der Waals surface area (Å²) in [6.07, 6.45) is 0.766. The molecular weight excluding hydrogens is 610 g/mol. The minimum atomic E-state index is -0.911. The SMILES string of the molecule is CCC(C)[C@H](NC(=O)[C@@H]1CCCN1C(=O)CNC(=O)CNC(=O)OCc1ccccc1)C(=O)NCOCC(=O)OCc1ccccc1. The number of hydrogen-bond donors (Lipinski definition) is 4. The van der Waals surface area contributed by atoms with Crippen LogP contribution < -0.4 is 21.3 Å². The quantitative estimate of drug-likeness (QED) is 0.111. The number of rotatable bonds is 17. The second kappa shape index (κ2) is 19.5. The molecule has 3 rings (SSSR count).